The van der Waals surface area contributed by atoms with E-state index in [1.54, 1.807) is 7.11 Å². The fraction of sp³-hybridized carbons (Fsp3) is 0.259. The Labute approximate surface area is 189 Å². The molecule has 0 spiro atoms. The molecular formula is C27H29N3O2. The Morgan fingerprint density at radius 2 is 1.75 bits per heavy atom. The van der Waals surface area contributed by atoms with Crippen molar-refractivity contribution in [1.82, 2.24) is 15.1 Å². The summed E-state index contributed by atoms with van der Waals surface area (Å²) in [5.41, 5.74) is 5.02. The zero-order valence-corrected chi connectivity index (χ0v) is 19.0. The van der Waals surface area contributed by atoms with Crippen LogP contribution in [0.15, 0.2) is 72.9 Å². The summed E-state index contributed by atoms with van der Waals surface area (Å²) in [5, 5.41) is 8.64. The molecule has 3 aromatic carbocycles. The largest absolute Gasteiger partial charge is 0.497 e. The fourth-order valence-electron chi connectivity index (χ4n) is 3.81. The lowest BCUT2D eigenvalue weighted by Gasteiger charge is -2.16. The molecule has 0 aliphatic rings. The first-order valence-corrected chi connectivity index (χ1v) is 10.9. The number of amides is 1. The van der Waals surface area contributed by atoms with Gasteiger partial charge in [0.25, 0.3) is 5.91 Å². The maximum Gasteiger partial charge on any atom is 0.251 e. The molecule has 1 atom stereocenters. The Kier molecular flexibility index (Phi) is 6.26. The van der Waals surface area contributed by atoms with E-state index in [1.165, 1.54) is 5.56 Å². The van der Waals surface area contributed by atoms with Crippen molar-refractivity contribution in [3.63, 3.8) is 0 Å². The number of carbonyl (C=O) groups excluding carboxylic acids is 1. The number of hydrogen-bond donors (Lipinski definition) is 1. The predicted octanol–water partition coefficient (Wildman–Crippen LogP) is 5.71. The molecule has 1 aromatic heterocycles. The van der Waals surface area contributed by atoms with Crippen molar-refractivity contribution in [2.45, 2.75) is 39.3 Å². The van der Waals surface area contributed by atoms with Gasteiger partial charge in [-0.05, 0) is 53.8 Å². The number of rotatable bonds is 7. The molecule has 5 heteroatoms. The summed E-state index contributed by atoms with van der Waals surface area (Å²) in [6.45, 7) is 6.96. The molecule has 5 nitrogen and oxygen atoms in total. The van der Waals surface area contributed by atoms with Crippen LogP contribution in [0.5, 0.6) is 5.75 Å². The lowest BCUT2D eigenvalue weighted by molar-refractivity contribution is 0.0940. The van der Waals surface area contributed by atoms with Gasteiger partial charge in [0.15, 0.2) is 0 Å². The van der Waals surface area contributed by atoms with Gasteiger partial charge in [-0.25, -0.2) is 0 Å². The molecule has 1 heterocycles. The highest BCUT2D eigenvalue weighted by atomic mass is 16.5. The van der Waals surface area contributed by atoms with Crippen molar-refractivity contribution >= 4 is 16.8 Å². The molecule has 0 aliphatic carbocycles. The number of aromatic nitrogens is 2. The first-order valence-electron chi connectivity index (χ1n) is 10.9. The number of carbonyl (C=O) groups is 1. The third-order valence-electron chi connectivity index (χ3n) is 5.82. The molecule has 0 fully saturated rings. The van der Waals surface area contributed by atoms with Crippen molar-refractivity contribution in [3.05, 3.63) is 95.2 Å². The van der Waals surface area contributed by atoms with Gasteiger partial charge in [-0.15, -0.1) is 0 Å². The van der Waals surface area contributed by atoms with E-state index in [1.807, 2.05) is 60.3 Å². The summed E-state index contributed by atoms with van der Waals surface area (Å²) in [5.74, 6) is 1.21. The predicted molar refractivity (Wildman–Crippen MR) is 128 cm³/mol. The van der Waals surface area contributed by atoms with Crippen LogP contribution in [0.25, 0.3) is 10.9 Å². The van der Waals surface area contributed by atoms with Crippen LogP contribution in [0.1, 0.15) is 59.8 Å². The number of nitrogens with zero attached hydrogens (tertiary/aromatic N) is 2. The number of hydrogen-bond acceptors (Lipinski definition) is 3. The maximum atomic E-state index is 13.0. The lowest BCUT2D eigenvalue weighted by atomic mass is 9.99. The van der Waals surface area contributed by atoms with Crippen LogP contribution < -0.4 is 10.1 Å². The summed E-state index contributed by atoms with van der Waals surface area (Å²) in [7, 11) is 1.66. The minimum absolute atomic E-state index is 0.0823. The Morgan fingerprint density at radius 1 is 1.00 bits per heavy atom. The zero-order valence-electron chi connectivity index (χ0n) is 19.0. The molecule has 32 heavy (non-hydrogen) atoms. The van der Waals surface area contributed by atoms with Gasteiger partial charge in [0.2, 0.25) is 0 Å². The van der Waals surface area contributed by atoms with Crippen LogP contribution in [-0.4, -0.2) is 22.8 Å². The Balaban J connectivity index is 1.52. The smallest absolute Gasteiger partial charge is 0.251 e. The SMILES string of the molecule is COc1cccc(Cn2ncc3ccc(C(=O)N[C@@H](C)c4ccc(C(C)C)cc4)cc32)c1. The number of nitrogens with one attached hydrogen (secondary N) is 1. The van der Waals surface area contributed by atoms with Gasteiger partial charge in [-0.3, -0.25) is 9.48 Å². The number of ether oxygens (including phenoxy) is 1. The third-order valence-corrected chi connectivity index (χ3v) is 5.82. The van der Waals surface area contributed by atoms with E-state index in [4.69, 9.17) is 4.74 Å². The molecule has 4 aromatic rings. The molecule has 1 N–H and O–H groups in total. The summed E-state index contributed by atoms with van der Waals surface area (Å²) in [6.07, 6.45) is 1.83. The Morgan fingerprint density at radius 3 is 2.47 bits per heavy atom. The standard InChI is InChI=1S/C27H29N3O2/c1-18(2)21-8-10-22(11-9-21)19(3)29-27(31)23-12-13-24-16-28-30(26(24)15-23)17-20-6-5-7-25(14-20)32-4/h5-16,18-19H,17H2,1-4H3,(H,29,31)/t19-/m0/s1. The normalized spacial score (nSPS) is 12.2. The maximum absolute atomic E-state index is 13.0. The minimum atomic E-state index is -0.0959. The Hall–Kier alpha value is -3.60. The second kappa shape index (κ2) is 9.27. The van der Waals surface area contributed by atoms with Crippen LogP contribution in [-0.2, 0) is 6.54 Å². The fourth-order valence-corrected chi connectivity index (χ4v) is 3.81. The molecule has 1 amide bonds. The quantitative estimate of drug-likeness (QED) is 0.411. The van der Waals surface area contributed by atoms with E-state index in [0.717, 1.165) is 27.8 Å². The van der Waals surface area contributed by atoms with Crippen molar-refractivity contribution in [2.24, 2.45) is 0 Å². The van der Waals surface area contributed by atoms with Gasteiger partial charge in [0.05, 0.1) is 31.4 Å². The molecular weight excluding hydrogens is 398 g/mol. The zero-order chi connectivity index (χ0) is 22.7. The Bertz CT molecular complexity index is 1230. The van der Waals surface area contributed by atoms with E-state index in [0.29, 0.717) is 18.0 Å². The van der Waals surface area contributed by atoms with Crippen LogP contribution >= 0.6 is 0 Å². The molecule has 4 rings (SSSR count). The molecule has 164 valence electrons. The molecule has 0 saturated carbocycles. The molecule has 0 radical (unpaired) electrons. The van der Waals surface area contributed by atoms with Crippen molar-refractivity contribution in [1.29, 1.82) is 0 Å². The molecule has 0 bridgehead atoms. The lowest BCUT2D eigenvalue weighted by Crippen LogP contribution is -2.26. The van der Waals surface area contributed by atoms with Gasteiger partial charge in [0.1, 0.15) is 5.75 Å². The van der Waals surface area contributed by atoms with E-state index in [9.17, 15) is 4.79 Å². The highest BCUT2D eigenvalue weighted by Gasteiger charge is 2.14. The number of fused-ring (bicyclic) bond motifs is 1. The first kappa shape index (κ1) is 21.6. The summed E-state index contributed by atoms with van der Waals surface area (Å²) in [6, 6.07) is 22.0. The second-order valence-corrected chi connectivity index (χ2v) is 8.44. The topological polar surface area (TPSA) is 56.2 Å². The van der Waals surface area contributed by atoms with Gasteiger partial charge < -0.3 is 10.1 Å². The van der Waals surface area contributed by atoms with Gasteiger partial charge in [-0.1, -0.05) is 56.3 Å². The van der Waals surface area contributed by atoms with Crippen molar-refractivity contribution in [2.75, 3.05) is 7.11 Å². The van der Waals surface area contributed by atoms with Gasteiger partial charge in [-0.2, -0.15) is 5.10 Å². The van der Waals surface area contributed by atoms with Crippen LogP contribution in [0.4, 0.5) is 0 Å². The van der Waals surface area contributed by atoms with E-state index < -0.39 is 0 Å². The average Bonchev–Trinajstić information content (AvgIpc) is 3.21. The van der Waals surface area contributed by atoms with E-state index >= 15 is 0 Å². The highest BCUT2D eigenvalue weighted by Crippen LogP contribution is 2.21. The van der Waals surface area contributed by atoms with E-state index in [2.05, 4.69) is 48.5 Å². The van der Waals surface area contributed by atoms with E-state index in [-0.39, 0.29) is 11.9 Å². The van der Waals surface area contributed by atoms with Gasteiger partial charge >= 0.3 is 0 Å². The third kappa shape index (κ3) is 4.67. The molecule has 0 aliphatic heterocycles. The summed E-state index contributed by atoms with van der Waals surface area (Å²) in [4.78, 5) is 13.0. The first-order chi connectivity index (χ1) is 15.4. The minimum Gasteiger partial charge on any atom is -0.497 e. The van der Waals surface area contributed by atoms with Crippen LogP contribution in [0, 0.1) is 0 Å². The summed E-state index contributed by atoms with van der Waals surface area (Å²) < 4.78 is 7.23. The summed E-state index contributed by atoms with van der Waals surface area (Å²) >= 11 is 0. The van der Waals surface area contributed by atoms with Crippen LogP contribution in [0.2, 0.25) is 0 Å². The molecule has 0 unspecified atom stereocenters. The van der Waals surface area contributed by atoms with Gasteiger partial charge in [0, 0.05) is 10.9 Å². The second-order valence-electron chi connectivity index (χ2n) is 8.44. The highest BCUT2D eigenvalue weighted by molar-refractivity contribution is 5.98. The van der Waals surface area contributed by atoms with Crippen molar-refractivity contribution in [3.8, 4) is 5.75 Å². The monoisotopic (exact) mass is 427 g/mol. The van der Waals surface area contributed by atoms with Crippen molar-refractivity contribution < 1.29 is 9.53 Å². The number of methoxy groups -OCH3 is 1. The molecule has 0 saturated heterocycles. The average molecular weight is 428 g/mol. The number of benzene rings is 3. The van der Waals surface area contributed by atoms with Crippen LogP contribution in [0.3, 0.4) is 0 Å².